The molecule has 1 saturated heterocycles. The molecule has 15 heavy (non-hydrogen) atoms. The van der Waals surface area contributed by atoms with E-state index in [9.17, 15) is 9.59 Å². The van der Waals surface area contributed by atoms with E-state index in [0.717, 1.165) is 0 Å². The molecule has 0 unspecified atom stereocenters. The minimum Gasteiger partial charge on any atom is -0.304 e. The molecule has 0 atom stereocenters. The number of ketones is 1. The Hall–Kier alpha value is -1.13. The molecule has 6 heteroatoms. The number of carbonyl (C=O) groups is 2. The first-order valence-corrected chi connectivity index (χ1v) is 4.97. The van der Waals surface area contributed by atoms with Gasteiger partial charge < -0.3 is 4.90 Å². The van der Waals surface area contributed by atoms with Gasteiger partial charge in [0.15, 0.2) is 5.78 Å². The second-order valence-corrected chi connectivity index (χ2v) is 3.94. The Morgan fingerprint density at radius 1 is 1.20 bits per heavy atom. The van der Waals surface area contributed by atoms with Crippen LogP contribution in [-0.2, 0) is 9.59 Å². The van der Waals surface area contributed by atoms with Crippen molar-refractivity contribution in [3.05, 3.63) is 22.4 Å². The average molecular weight is 245 g/mol. The van der Waals surface area contributed by atoms with Gasteiger partial charge in [0.05, 0.1) is 18.7 Å². The molecule has 0 aromatic carbocycles. The van der Waals surface area contributed by atoms with Gasteiger partial charge in [-0.2, -0.15) is 0 Å². The monoisotopic (exact) mass is 244 g/mol. The van der Waals surface area contributed by atoms with Crippen molar-refractivity contribution in [3.8, 4) is 0 Å². The fourth-order valence-electron chi connectivity index (χ4n) is 1.43. The van der Waals surface area contributed by atoms with Crippen LogP contribution in [0.1, 0.15) is 6.42 Å². The van der Waals surface area contributed by atoms with Crippen LogP contribution in [-0.4, -0.2) is 23.2 Å². The summed E-state index contributed by atoms with van der Waals surface area (Å²) in [5.41, 5.74) is 0.510. The molecule has 0 spiro atoms. The Kier molecular flexibility index (Phi) is 2.63. The zero-order valence-electron chi connectivity index (χ0n) is 7.54. The molecule has 1 aliphatic rings. The van der Waals surface area contributed by atoms with E-state index in [0.29, 0.717) is 5.69 Å². The molecule has 0 radical (unpaired) electrons. The first-order valence-electron chi connectivity index (χ1n) is 4.21. The van der Waals surface area contributed by atoms with Crippen molar-refractivity contribution in [2.75, 3.05) is 11.4 Å². The van der Waals surface area contributed by atoms with E-state index in [4.69, 9.17) is 23.2 Å². The summed E-state index contributed by atoms with van der Waals surface area (Å²) in [5, 5.41) is 0.397. The van der Waals surface area contributed by atoms with E-state index in [1.165, 1.54) is 17.0 Å². The first kappa shape index (κ1) is 10.4. The lowest BCUT2D eigenvalue weighted by Gasteiger charge is -2.14. The first-order chi connectivity index (χ1) is 7.06. The highest BCUT2D eigenvalue weighted by molar-refractivity contribution is 6.33. The van der Waals surface area contributed by atoms with Crippen LogP contribution in [0.5, 0.6) is 0 Å². The van der Waals surface area contributed by atoms with Crippen molar-refractivity contribution in [3.63, 3.8) is 0 Å². The predicted molar refractivity (Wildman–Crippen MR) is 56.2 cm³/mol. The third-order valence-corrected chi connectivity index (χ3v) is 2.43. The molecule has 2 heterocycles. The van der Waals surface area contributed by atoms with Crippen LogP contribution in [0.4, 0.5) is 5.69 Å². The summed E-state index contributed by atoms with van der Waals surface area (Å²) in [6.07, 6.45) is -0.0580. The summed E-state index contributed by atoms with van der Waals surface area (Å²) in [6.45, 7) is 0.0789. The summed E-state index contributed by atoms with van der Waals surface area (Å²) in [6, 6.07) is 3.01. The molecule has 0 saturated carbocycles. The number of hydrogen-bond donors (Lipinski definition) is 0. The molecule has 1 aromatic rings. The summed E-state index contributed by atoms with van der Waals surface area (Å²) >= 11 is 11.4. The molecule has 0 bridgehead atoms. The summed E-state index contributed by atoms with van der Waals surface area (Å²) in [4.78, 5) is 27.6. The SMILES string of the molecule is O=C1CC(=O)N(c2cc(Cl)nc(Cl)c2)C1. The van der Waals surface area contributed by atoms with Gasteiger partial charge in [-0.3, -0.25) is 9.59 Å². The Bertz CT molecular complexity index is 427. The maximum atomic E-state index is 11.4. The largest absolute Gasteiger partial charge is 0.304 e. The van der Waals surface area contributed by atoms with Gasteiger partial charge >= 0.3 is 0 Å². The molecular formula is C9H6Cl2N2O2. The second kappa shape index (κ2) is 3.79. The summed E-state index contributed by atoms with van der Waals surface area (Å²) in [7, 11) is 0. The van der Waals surface area contributed by atoms with Crippen molar-refractivity contribution < 1.29 is 9.59 Å². The van der Waals surface area contributed by atoms with Crippen molar-refractivity contribution in [2.24, 2.45) is 0 Å². The Morgan fingerprint density at radius 2 is 1.80 bits per heavy atom. The minimum atomic E-state index is -0.238. The topological polar surface area (TPSA) is 50.3 Å². The van der Waals surface area contributed by atoms with Crippen molar-refractivity contribution in [1.29, 1.82) is 0 Å². The minimum absolute atomic E-state index is 0.0580. The van der Waals surface area contributed by atoms with Crippen molar-refractivity contribution in [1.82, 2.24) is 4.98 Å². The fourth-order valence-corrected chi connectivity index (χ4v) is 1.88. The zero-order valence-corrected chi connectivity index (χ0v) is 9.05. The second-order valence-electron chi connectivity index (χ2n) is 3.17. The molecular weight excluding hydrogens is 239 g/mol. The number of nitrogens with zero attached hydrogens (tertiary/aromatic N) is 2. The molecule has 78 valence electrons. The lowest BCUT2D eigenvalue weighted by molar-refractivity contribution is -0.121. The molecule has 1 amide bonds. The van der Waals surface area contributed by atoms with Gasteiger partial charge in [0.1, 0.15) is 10.3 Å². The van der Waals surface area contributed by atoms with E-state index >= 15 is 0 Å². The maximum absolute atomic E-state index is 11.4. The zero-order chi connectivity index (χ0) is 11.0. The smallest absolute Gasteiger partial charge is 0.234 e. The molecule has 0 aliphatic carbocycles. The quantitative estimate of drug-likeness (QED) is 0.558. The normalized spacial score (nSPS) is 16.3. The third kappa shape index (κ3) is 2.11. The molecule has 1 aromatic heterocycles. The number of Topliss-reactive ketones (excluding diaryl/α,β-unsaturated/α-hetero) is 1. The Morgan fingerprint density at radius 3 is 2.27 bits per heavy atom. The highest BCUT2D eigenvalue weighted by Crippen LogP contribution is 2.25. The molecule has 4 nitrogen and oxygen atoms in total. The lowest BCUT2D eigenvalue weighted by atomic mass is 10.3. The van der Waals surface area contributed by atoms with Crippen LogP contribution in [0.15, 0.2) is 12.1 Å². The Balaban J connectivity index is 2.37. The van der Waals surface area contributed by atoms with E-state index in [1.54, 1.807) is 0 Å². The van der Waals surface area contributed by atoms with Crippen molar-refractivity contribution in [2.45, 2.75) is 6.42 Å². The van der Waals surface area contributed by atoms with Crippen LogP contribution in [0.2, 0.25) is 10.3 Å². The van der Waals surface area contributed by atoms with E-state index in [-0.39, 0.29) is 35.0 Å². The van der Waals surface area contributed by atoms with Crippen LogP contribution in [0, 0.1) is 0 Å². The van der Waals surface area contributed by atoms with Gasteiger partial charge in [-0.1, -0.05) is 23.2 Å². The van der Waals surface area contributed by atoms with E-state index in [1.807, 2.05) is 0 Å². The van der Waals surface area contributed by atoms with E-state index in [2.05, 4.69) is 4.98 Å². The summed E-state index contributed by atoms with van der Waals surface area (Å²) < 4.78 is 0. The number of anilines is 1. The van der Waals surface area contributed by atoms with Crippen LogP contribution in [0.3, 0.4) is 0 Å². The number of amides is 1. The highest BCUT2D eigenvalue weighted by atomic mass is 35.5. The predicted octanol–water partition coefficient (Wildman–Crippen LogP) is 1.69. The standard InChI is InChI=1S/C9H6Cl2N2O2/c10-7-1-5(2-8(11)12-7)13-4-6(14)3-9(13)15/h1-2H,3-4H2. The Labute approximate surface area is 95.8 Å². The fraction of sp³-hybridized carbons (Fsp3) is 0.222. The average Bonchev–Trinajstić information content (AvgIpc) is 2.43. The number of hydrogen-bond acceptors (Lipinski definition) is 3. The highest BCUT2D eigenvalue weighted by Gasteiger charge is 2.28. The van der Waals surface area contributed by atoms with E-state index < -0.39 is 0 Å². The van der Waals surface area contributed by atoms with Gasteiger partial charge in [0.25, 0.3) is 0 Å². The van der Waals surface area contributed by atoms with Gasteiger partial charge in [0, 0.05) is 0 Å². The molecule has 1 fully saturated rings. The third-order valence-electron chi connectivity index (χ3n) is 2.04. The molecule has 1 aliphatic heterocycles. The van der Waals surface area contributed by atoms with Crippen LogP contribution < -0.4 is 4.90 Å². The number of carbonyl (C=O) groups excluding carboxylic acids is 2. The van der Waals surface area contributed by atoms with Crippen LogP contribution >= 0.6 is 23.2 Å². The molecule has 0 N–H and O–H groups in total. The lowest BCUT2D eigenvalue weighted by Crippen LogP contribution is -2.24. The number of rotatable bonds is 1. The van der Waals surface area contributed by atoms with Crippen LogP contribution in [0.25, 0.3) is 0 Å². The number of aromatic nitrogens is 1. The van der Waals surface area contributed by atoms with Gasteiger partial charge in [-0.05, 0) is 12.1 Å². The summed E-state index contributed by atoms with van der Waals surface area (Å²) in [5.74, 6) is -0.345. The van der Waals surface area contributed by atoms with Gasteiger partial charge in [-0.15, -0.1) is 0 Å². The van der Waals surface area contributed by atoms with Crippen molar-refractivity contribution >= 4 is 40.6 Å². The number of halogens is 2. The molecule has 2 rings (SSSR count). The maximum Gasteiger partial charge on any atom is 0.234 e. The van der Waals surface area contributed by atoms with Gasteiger partial charge in [-0.25, -0.2) is 4.98 Å². The van der Waals surface area contributed by atoms with Gasteiger partial charge in [0.2, 0.25) is 5.91 Å². The number of pyridine rings is 1.